The fourth-order valence-corrected chi connectivity index (χ4v) is 2.72. The molecule has 1 amide bonds. The van der Waals surface area contributed by atoms with E-state index in [0.29, 0.717) is 31.1 Å². The van der Waals surface area contributed by atoms with Gasteiger partial charge in [0, 0.05) is 19.0 Å². The molecule has 0 heterocycles. The third-order valence-corrected chi connectivity index (χ3v) is 3.93. The van der Waals surface area contributed by atoms with Gasteiger partial charge in [0.15, 0.2) is 0 Å². The minimum absolute atomic E-state index is 0.0865. The second kappa shape index (κ2) is 8.65. The van der Waals surface area contributed by atoms with Gasteiger partial charge in [0.25, 0.3) is 0 Å². The number of nitrogens with one attached hydrogen (secondary N) is 1. The molecule has 0 saturated heterocycles. The number of ether oxygens (including phenoxy) is 1. The van der Waals surface area contributed by atoms with Crippen molar-refractivity contribution in [2.75, 3.05) is 13.2 Å². The molecule has 1 N–H and O–H groups in total. The normalized spacial score (nSPS) is 15.7. The molecule has 1 aromatic carbocycles. The zero-order chi connectivity index (χ0) is 14.9. The lowest BCUT2D eigenvalue weighted by molar-refractivity contribution is -0.121. The molecule has 116 valence electrons. The number of halogens is 1. The molecule has 0 atom stereocenters. The Kier molecular flexibility index (Phi) is 6.51. The first-order chi connectivity index (χ1) is 10.2. The van der Waals surface area contributed by atoms with Crippen molar-refractivity contribution in [2.45, 2.75) is 44.9 Å². The number of carbonyl (C=O) groups is 1. The lowest BCUT2D eigenvalue weighted by Crippen LogP contribution is -2.30. The largest absolute Gasteiger partial charge is 0.493 e. The summed E-state index contributed by atoms with van der Waals surface area (Å²) in [6.07, 6.45) is 7.51. The zero-order valence-electron chi connectivity index (χ0n) is 12.4. The summed E-state index contributed by atoms with van der Waals surface area (Å²) in [6.45, 7) is 1.24. The van der Waals surface area contributed by atoms with Gasteiger partial charge in [-0.15, -0.1) is 0 Å². The van der Waals surface area contributed by atoms with Gasteiger partial charge < -0.3 is 10.1 Å². The van der Waals surface area contributed by atoms with Crippen molar-refractivity contribution in [1.82, 2.24) is 5.32 Å². The Morgan fingerprint density at radius 2 is 2.10 bits per heavy atom. The van der Waals surface area contributed by atoms with Crippen LogP contribution < -0.4 is 10.1 Å². The standard InChI is InChI=1S/C17H24FNO2/c18-15-8-4-9-16(12-15)21-11-5-10-17(20)19-13-14-6-2-1-3-7-14/h4,8-9,12,14H,1-3,5-7,10-11,13H2,(H,19,20). The van der Waals surface area contributed by atoms with Crippen LogP contribution in [0.15, 0.2) is 24.3 Å². The average molecular weight is 293 g/mol. The Morgan fingerprint density at radius 3 is 2.86 bits per heavy atom. The van der Waals surface area contributed by atoms with Gasteiger partial charge in [0.2, 0.25) is 5.91 Å². The van der Waals surface area contributed by atoms with E-state index in [9.17, 15) is 9.18 Å². The quantitative estimate of drug-likeness (QED) is 0.779. The van der Waals surface area contributed by atoms with Gasteiger partial charge >= 0.3 is 0 Å². The molecule has 3 nitrogen and oxygen atoms in total. The molecule has 0 aliphatic heterocycles. The lowest BCUT2D eigenvalue weighted by atomic mass is 9.89. The van der Waals surface area contributed by atoms with Crippen LogP contribution in [0.5, 0.6) is 5.75 Å². The highest BCUT2D eigenvalue weighted by atomic mass is 19.1. The maximum atomic E-state index is 12.9. The van der Waals surface area contributed by atoms with Crippen molar-refractivity contribution >= 4 is 5.91 Å². The fraction of sp³-hybridized carbons (Fsp3) is 0.588. The van der Waals surface area contributed by atoms with Gasteiger partial charge in [-0.05, 0) is 37.3 Å². The SMILES string of the molecule is O=C(CCCOc1cccc(F)c1)NCC1CCCCC1. The summed E-state index contributed by atoms with van der Waals surface area (Å²) < 4.78 is 18.3. The van der Waals surface area contributed by atoms with E-state index in [2.05, 4.69) is 5.32 Å². The Bertz CT molecular complexity index is 444. The molecule has 0 bridgehead atoms. The predicted octanol–water partition coefficient (Wildman–Crippen LogP) is 3.68. The summed E-state index contributed by atoms with van der Waals surface area (Å²) in [6, 6.07) is 6.06. The van der Waals surface area contributed by atoms with E-state index in [1.807, 2.05) is 0 Å². The van der Waals surface area contributed by atoms with Crippen molar-refractivity contribution in [2.24, 2.45) is 5.92 Å². The number of amides is 1. The molecular formula is C17H24FNO2. The molecule has 4 heteroatoms. The van der Waals surface area contributed by atoms with E-state index < -0.39 is 0 Å². The molecule has 0 unspecified atom stereocenters. The summed E-state index contributed by atoms with van der Waals surface area (Å²) in [5.41, 5.74) is 0. The Labute approximate surface area is 125 Å². The number of carbonyl (C=O) groups excluding carboxylic acids is 1. The molecule has 2 rings (SSSR count). The zero-order valence-corrected chi connectivity index (χ0v) is 12.4. The van der Waals surface area contributed by atoms with E-state index in [0.717, 1.165) is 6.54 Å². The molecule has 1 saturated carbocycles. The van der Waals surface area contributed by atoms with E-state index in [1.54, 1.807) is 12.1 Å². The van der Waals surface area contributed by atoms with Crippen LogP contribution in [0.25, 0.3) is 0 Å². The van der Waals surface area contributed by atoms with Crippen LogP contribution >= 0.6 is 0 Å². The van der Waals surface area contributed by atoms with E-state index >= 15 is 0 Å². The van der Waals surface area contributed by atoms with Gasteiger partial charge in [0.1, 0.15) is 11.6 Å². The molecule has 1 aliphatic carbocycles. The van der Waals surface area contributed by atoms with E-state index in [1.165, 1.54) is 44.2 Å². The number of benzene rings is 1. The van der Waals surface area contributed by atoms with Gasteiger partial charge in [-0.2, -0.15) is 0 Å². The number of hydrogen-bond acceptors (Lipinski definition) is 2. The molecule has 21 heavy (non-hydrogen) atoms. The van der Waals surface area contributed by atoms with Crippen LogP contribution in [0.3, 0.4) is 0 Å². The first kappa shape index (κ1) is 15.8. The second-order valence-corrected chi connectivity index (χ2v) is 5.72. The predicted molar refractivity (Wildman–Crippen MR) is 80.7 cm³/mol. The van der Waals surface area contributed by atoms with Crippen LogP contribution in [0, 0.1) is 11.7 Å². The topological polar surface area (TPSA) is 38.3 Å². The highest BCUT2D eigenvalue weighted by Gasteiger charge is 2.13. The van der Waals surface area contributed by atoms with E-state index in [-0.39, 0.29) is 11.7 Å². The molecule has 1 aliphatic rings. The van der Waals surface area contributed by atoms with Crippen LogP contribution in [0.4, 0.5) is 4.39 Å². The number of rotatable bonds is 7. The molecular weight excluding hydrogens is 269 g/mol. The smallest absolute Gasteiger partial charge is 0.220 e. The fourth-order valence-electron chi connectivity index (χ4n) is 2.72. The highest BCUT2D eigenvalue weighted by molar-refractivity contribution is 5.75. The van der Waals surface area contributed by atoms with E-state index in [4.69, 9.17) is 4.74 Å². The van der Waals surface area contributed by atoms with Crippen LogP contribution in [-0.4, -0.2) is 19.1 Å². The monoisotopic (exact) mass is 293 g/mol. The Hall–Kier alpha value is -1.58. The van der Waals surface area contributed by atoms with Crippen molar-refractivity contribution < 1.29 is 13.9 Å². The van der Waals surface area contributed by atoms with Gasteiger partial charge in [-0.3, -0.25) is 4.79 Å². The Morgan fingerprint density at radius 1 is 1.29 bits per heavy atom. The average Bonchev–Trinajstić information content (AvgIpc) is 2.51. The van der Waals surface area contributed by atoms with Crippen LogP contribution in [0.2, 0.25) is 0 Å². The minimum Gasteiger partial charge on any atom is -0.493 e. The van der Waals surface area contributed by atoms with Crippen molar-refractivity contribution in [3.63, 3.8) is 0 Å². The second-order valence-electron chi connectivity index (χ2n) is 5.72. The first-order valence-corrected chi connectivity index (χ1v) is 7.89. The minimum atomic E-state index is -0.308. The molecule has 1 aromatic rings. The molecule has 0 spiro atoms. The first-order valence-electron chi connectivity index (χ1n) is 7.89. The third-order valence-electron chi connectivity index (χ3n) is 3.93. The number of hydrogen-bond donors (Lipinski definition) is 1. The van der Waals surface area contributed by atoms with Crippen LogP contribution in [0.1, 0.15) is 44.9 Å². The van der Waals surface area contributed by atoms with Gasteiger partial charge in [-0.25, -0.2) is 4.39 Å². The van der Waals surface area contributed by atoms with Gasteiger partial charge in [-0.1, -0.05) is 25.3 Å². The van der Waals surface area contributed by atoms with Crippen molar-refractivity contribution in [3.8, 4) is 5.75 Å². The summed E-state index contributed by atoms with van der Waals surface area (Å²) in [5.74, 6) is 0.949. The molecule has 0 radical (unpaired) electrons. The lowest BCUT2D eigenvalue weighted by Gasteiger charge is -2.21. The van der Waals surface area contributed by atoms with Crippen LogP contribution in [-0.2, 0) is 4.79 Å². The molecule has 1 fully saturated rings. The maximum absolute atomic E-state index is 12.9. The van der Waals surface area contributed by atoms with Crippen molar-refractivity contribution in [1.29, 1.82) is 0 Å². The summed E-state index contributed by atoms with van der Waals surface area (Å²) in [5, 5.41) is 3.01. The highest BCUT2D eigenvalue weighted by Crippen LogP contribution is 2.22. The molecule has 0 aromatic heterocycles. The third kappa shape index (κ3) is 6.15. The van der Waals surface area contributed by atoms with Crippen molar-refractivity contribution in [3.05, 3.63) is 30.1 Å². The van der Waals surface area contributed by atoms with Gasteiger partial charge in [0.05, 0.1) is 6.61 Å². The maximum Gasteiger partial charge on any atom is 0.220 e. The summed E-state index contributed by atoms with van der Waals surface area (Å²) in [7, 11) is 0. The summed E-state index contributed by atoms with van der Waals surface area (Å²) in [4.78, 5) is 11.7. The Balaban J connectivity index is 1.54. The summed E-state index contributed by atoms with van der Waals surface area (Å²) >= 11 is 0.